The average Bonchev–Trinajstić information content (AvgIpc) is 3.48. The highest BCUT2D eigenvalue weighted by molar-refractivity contribution is 7.90. The number of likely N-dealkylation sites (tertiary alicyclic amines) is 1. The number of halogens is 1. The van der Waals surface area contributed by atoms with Gasteiger partial charge in [-0.3, -0.25) is 9.59 Å². The molecule has 4 rings (SSSR count). The van der Waals surface area contributed by atoms with Gasteiger partial charge in [-0.1, -0.05) is 42.5 Å². The second-order valence-electron chi connectivity index (χ2n) is 9.86. The van der Waals surface area contributed by atoms with Crippen molar-refractivity contribution in [1.82, 2.24) is 23.9 Å². The van der Waals surface area contributed by atoms with Crippen molar-refractivity contribution in [2.24, 2.45) is 0 Å². The number of nitrogens with one attached hydrogen (secondary N) is 1. The second kappa shape index (κ2) is 14.7. The Morgan fingerprint density at radius 2 is 1.77 bits per heavy atom. The SMILES string of the molecule is CCN(C(=O)Cc1ccc(S(C)(=O)=O)cc1)C1CCN(CC[C@H](NC(=O)c2cnsn2)c2ccccc2)CC1.Cl. The standard InChI is InChI=1S/C28H35N5O4S2.ClH/c1-3-33(27(34)19-21-9-11-24(12-10-21)39(2,36)37)23-13-16-32(17-14-23)18-15-25(22-7-5-4-6-8-22)30-28(35)26-20-29-38-31-26;/h4-12,20,23,25H,3,13-19H2,1-2H3,(H,30,35);1H/t25-;/m0./s1. The number of sulfone groups is 1. The molecule has 0 saturated carbocycles. The number of carbonyl (C=O) groups excluding carboxylic acids is 2. The fraction of sp³-hybridized carbons (Fsp3) is 0.429. The summed E-state index contributed by atoms with van der Waals surface area (Å²) < 4.78 is 31.4. The van der Waals surface area contributed by atoms with Gasteiger partial charge >= 0.3 is 0 Å². The van der Waals surface area contributed by atoms with Gasteiger partial charge < -0.3 is 15.1 Å². The lowest BCUT2D eigenvalue weighted by Gasteiger charge is -2.38. The fourth-order valence-corrected chi connectivity index (χ4v) is 6.08. The Hall–Kier alpha value is -2.86. The van der Waals surface area contributed by atoms with Gasteiger partial charge in [0.05, 0.1) is 35.3 Å². The molecule has 40 heavy (non-hydrogen) atoms. The number of nitrogens with zero attached hydrogens (tertiary/aromatic N) is 4. The van der Waals surface area contributed by atoms with Crippen LogP contribution in [0.1, 0.15) is 53.8 Å². The van der Waals surface area contributed by atoms with Gasteiger partial charge in [0.25, 0.3) is 5.91 Å². The summed E-state index contributed by atoms with van der Waals surface area (Å²) in [6, 6.07) is 16.6. The summed E-state index contributed by atoms with van der Waals surface area (Å²) in [6.45, 7) is 5.22. The van der Waals surface area contributed by atoms with Crippen LogP contribution in [0.3, 0.4) is 0 Å². The molecule has 2 amide bonds. The molecule has 12 heteroatoms. The highest BCUT2D eigenvalue weighted by atomic mass is 35.5. The number of aromatic nitrogens is 2. The number of piperidine rings is 1. The van der Waals surface area contributed by atoms with Gasteiger partial charge in [-0.05, 0) is 49.4 Å². The Kier molecular flexibility index (Phi) is 11.6. The summed E-state index contributed by atoms with van der Waals surface area (Å²) in [5.74, 6) is -0.161. The first-order valence-corrected chi connectivity index (χ1v) is 15.8. The molecule has 3 aromatic rings. The first-order chi connectivity index (χ1) is 18.7. The Bertz CT molecular complexity index is 1330. The Balaban J connectivity index is 0.00000441. The van der Waals surface area contributed by atoms with Crippen LogP contribution in [0.4, 0.5) is 0 Å². The summed E-state index contributed by atoms with van der Waals surface area (Å²) in [7, 11) is -3.26. The van der Waals surface area contributed by atoms with Gasteiger partial charge in [-0.2, -0.15) is 8.75 Å². The molecule has 0 bridgehead atoms. The minimum Gasteiger partial charge on any atom is -0.344 e. The van der Waals surface area contributed by atoms with Crippen molar-refractivity contribution < 1.29 is 18.0 Å². The van der Waals surface area contributed by atoms with Gasteiger partial charge in [-0.25, -0.2) is 8.42 Å². The van der Waals surface area contributed by atoms with Gasteiger partial charge in [-0.15, -0.1) is 12.4 Å². The molecule has 216 valence electrons. The maximum absolute atomic E-state index is 13.1. The van der Waals surface area contributed by atoms with E-state index in [9.17, 15) is 18.0 Å². The maximum Gasteiger partial charge on any atom is 0.273 e. The molecular weight excluding hydrogens is 570 g/mol. The summed E-state index contributed by atoms with van der Waals surface area (Å²) in [5, 5.41) is 3.11. The van der Waals surface area contributed by atoms with E-state index in [2.05, 4.69) is 19.0 Å². The molecule has 0 spiro atoms. The molecule has 0 radical (unpaired) electrons. The zero-order valence-electron chi connectivity index (χ0n) is 22.7. The number of amides is 2. The number of rotatable bonds is 11. The number of benzene rings is 2. The number of hydrogen-bond acceptors (Lipinski definition) is 8. The van der Waals surface area contributed by atoms with E-state index in [0.29, 0.717) is 12.2 Å². The Labute approximate surface area is 246 Å². The minimum absolute atomic E-state index is 0. The van der Waals surface area contributed by atoms with Crippen LogP contribution in [0.5, 0.6) is 0 Å². The van der Waals surface area contributed by atoms with Crippen LogP contribution in [0.2, 0.25) is 0 Å². The Morgan fingerprint density at radius 3 is 2.35 bits per heavy atom. The molecule has 0 unspecified atom stereocenters. The largest absolute Gasteiger partial charge is 0.344 e. The van der Waals surface area contributed by atoms with E-state index in [1.165, 1.54) is 12.5 Å². The van der Waals surface area contributed by atoms with E-state index >= 15 is 0 Å². The van der Waals surface area contributed by atoms with E-state index in [0.717, 1.165) is 61.8 Å². The van der Waals surface area contributed by atoms with Crippen LogP contribution in [0.15, 0.2) is 65.7 Å². The highest BCUT2D eigenvalue weighted by Crippen LogP contribution is 2.22. The zero-order chi connectivity index (χ0) is 27.8. The van der Waals surface area contributed by atoms with Crippen LogP contribution >= 0.6 is 24.1 Å². The van der Waals surface area contributed by atoms with Crippen molar-refractivity contribution in [2.45, 2.75) is 49.6 Å². The van der Waals surface area contributed by atoms with E-state index in [4.69, 9.17) is 0 Å². The van der Waals surface area contributed by atoms with E-state index in [-0.39, 0.29) is 47.6 Å². The lowest BCUT2D eigenvalue weighted by atomic mass is 9.99. The third-order valence-corrected chi connectivity index (χ3v) is 8.81. The van der Waals surface area contributed by atoms with Crippen molar-refractivity contribution in [2.75, 3.05) is 32.4 Å². The molecule has 1 N–H and O–H groups in total. The first-order valence-electron chi connectivity index (χ1n) is 13.2. The molecule has 1 saturated heterocycles. The van der Waals surface area contributed by atoms with Gasteiger partial charge in [0.2, 0.25) is 5.91 Å². The van der Waals surface area contributed by atoms with E-state index in [1.54, 1.807) is 24.3 Å². The van der Waals surface area contributed by atoms with Gasteiger partial charge in [0.15, 0.2) is 15.5 Å². The molecule has 2 aromatic carbocycles. The predicted molar refractivity (Wildman–Crippen MR) is 159 cm³/mol. The molecule has 1 aliphatic heterocycles. The fourth-order valence-electron chi connectivity index (χ4n) is 5.04. The molecule has 2 heterocycles. The summed E-state index contributed by atoms with van der Waals surface area (Å²) in [5.41, 5.74) is 2.19. The molecular formula is C28H36ClN5O4S2. The van der Waals surface area contributed by atoms with Crippen molar-refractivity contribution in [3.05, 3.63) is 77.6 Å². The topological polar surface area (TPSA) is 113 Å². The molecule has 0 aliphatic carbocycles. The monoisotopic (exact) mass is 605 g/mol. The first kappa shape index (κ1) is 31.7. The smallest absolute Gasteiger partial charge is 0.273 e. The highest BCUT2D eigenvalue weighted by Gasteiger charge is 2.28. The zero-order valence-corrected chi connectivity index (χ0v) is 25.2. The van der Waals surface area contributed by atoms with Crippen molar-refractivity contribution in [3.8, 4) is 0 Å². The minimum atomic E-state index is -3.26. The van der Waals surface area contributed by atoms with Crippen LogP contribution in [-0.2, 0) is 21.1 Å². The van der Waals surface area contributed by atoms with E-state index in [1.807, 2.05) is 42.2 Å². The van der Waals surface area contributed by atoms with Crippen LogP contribution in [0, 0.1) is 0 Å². The lowest BCUT2D eigenvalue weighted by Crippen LogP contribution is -2.48. The van der Waals surface area contributed by atoms with Crippen LogP contribution < -0.4 is 5.32 Å². The molecule has 1 fully saturated rings. The van der Waals surface area contributed by atoms with E-state index < -0.39 is 9.84 Å². The van der Waals surface area contributed by atoms with Crippen LogP contribution in [-0.4, -0.2) is 77.3 Å². The normalized spacial score (nSPS) is 15.2. The van der Waals surface area contributed by atoms with Gasteiger partial charge in [0, 0.05) is 38.5 Å². The van der Waals surface area contributed by atoms with Crippen LogP contribution in [0.25, 0.3) is 0 Å². The third kappa shape index (κ3) is 8.57. The number of hydrogen-bond donors (Lipinski definition) is 1. The summed E-state index contributed by atoms with van der Waals surface area (Å²) in [4.78, 5) is 30.4. The predicted octanol–water partition coefficient (Wildman–Crippen LogP) is 3.78. The molecule has 1 atom stereocenters. The molecule has 1 aliphatic rings. The number of carbonyl (C=O) groups is 2. The van der Waals surface area contributed by atoms with Crippen molar-refractivity contribution in [1.29, 1.82) is 0 Å². The second-order valence-corrected chi connectivity index (χ2v) is 12.4. The maximum atomic E-state index is 13.1. The average molecular weight is 606 g/mol. The number of likely N-dealkylation sites (N-methyl/N-ethyl adjacent to an activating group) is 1. The molecule has 1 aromatic heterocycles. The summed E-state index contributed by atoms with van der Waals surface area (Å²) in [6.07, 6.45) is 5.45. The third-order valence-electron chi connectivity index (χ3n) is 7.20. The molecule has 9 nitrogen and oxygen atoms in total. The van der Waals surface area contributed by atoms with Crippen molar-refractivity contribution >= 4 is 45.8 Å². The summed E-state index contributed by atoms with van der Waals surface area (Å²) >= 11 is 1.02. The Morgan fingerprint density at radius 1 is 1.10 bits per heavy atom. The van der Waals surface area contributed by atoms with Crippen molar-refractivity contribution in [3.63, 3.8) is 0 Å². The lowest BCUT2D eigenvalue weighted by molar-refractivity contribution is -0.133. The quantitative estimate of drug-likeness (QED) is 0.354. The van der Waals surface area contributed by atoms with Gasteiger partial charge in [0.1, 0.15) is 0 Å².